The summed E-state index contributed by atoms with van der Waals surface area (Å²) in [6.45, 7) is 0.981. The maximum atomic E-state index is 11.6. The number of rotatable bonds is 4. The van der Waals surface area contributed by atoms with Crippen LogP contribution in [-0.2, 0) is 20.7 Å². The molecule has 0 radical (unpaired) electrons. The standard InChI is InChI=1S/C23H27NO4/c1-27-21(26)15-16-8-9-19(25)18(14-16)20-10-12-23(28-20)11-5-13-24-22(23)17-6-3-2-4-7-17/h2-4,6-9,14,20,22,24-25H,5,10-13,15H2,1H3/t20?,22-,23+/m0/s1. The molecule has 2 saturated heterocycles. The predicted molar refractivity (Wildman–Crippen MR) is 106 cm³/mol. The summed E-state index contributed by atoms with van der Waals surface area (Å²) in [5, 5.41) is 14.1. The Kier molecular flexibility index (Phi) is 5.38. The zero-order valence-electron chi connectivity index (χ0n) is 16.2. The van der Waals surface area contributed by atoms with E-state index in [9.17, 15) is 9.90 Å². The summed E-state index contributed by atoms with van der Waals surface area (Å²) in [7, 11) is 1.38. The van der Waals surface area contributed by atoms with E-state index >= 15 is 0 Å². The molecule has 5 nitrogen and oxygen atoms in total. The minimum Gasteiger partial charge on any atom is -0.508 e. The quantitative estimate of drug-likeness (QED) is 0.788. The van der Waals surface area contributed by atoms with Crippen molar-refractivity contribution in [2.24, 2.45) is 0 Å². The van der Waals surface area contributed by atoms with Crippen molar-refractivity contribution >= 4 is 5.97 Å². The zero-order chi connectivity index (χ0) is 19.6. The lowest BCUT2D eigenvalue weighted by molar-refractivity contribution is -0.139. The van der Waals surface area contributed by atoms with Gasteiger partial charge >= 0.3 is 5.97 Å². The normalized spacial score (nSPS) is 27.0. The van der Waals surface area contributed by atoms with Crippen LogP contribution in [0.15, 0.2) is 48.5 Å². The van der Waals surface area contributed by atoms with Crippen molar-refractivity contribution < 1.29 is 19.4 Å². The molecule has 2 N–H and O–H groups in total. The summed E-state index contributed by atoms with van der Waals surface area (Å²) >= 11 is 0. The smallest absolute Gasteiger partial charge is 0.309 e. The van der Waals surface area contributed by atoms with Gasteiger partial charge in [0, 0.05) is 5.56 Å². The molecule has 2 heterocycles. The molecule has 1 unspecified atom stereocenters. The van der Waals surface area contributed by atoms with Gasteiger partial charge in [-0.1, -0.05) is 36.4 Å². The molecule has 0 amide bonds. The largest absolute Gasteiger partial charge is 0.508 e. The van der Waals surface area contributed by atoms with Crippen molar-refractivity contribution in [3.63, 3.8) is 0 Å². The van der Waals surface area contributed by atoms with E-state index in [1.165, 1.54) is 12.7 Å². The molecule has 2 aliphatic heterocycles. The molecule has 0 bridgehead atoms. The summed E-state index contributed by atoms with van der Waals surface area (Å²) in [5.41, 5.74) is 2.56. The van der Waals surface area contributed by atoms with Gasteiger partial charge in [-0.25, -0.2) is 0 Å². The highest BCUT2D eigenvalue weighted by Gasteiger charge is 2.48. The molecule has 3 atom stereocenters. The van der Waals surface area contributed by atoms with Gasteiger partial charge in [0.05, 0.1) is 31.3 Å². The van der Waals surface area contributed by atoms with Crippen molar-refractivity contribution in [1.82, 2.24) is 5.32 Å². The third kappa shape index (κ3) is 3.64. The number of phenolic OH excluding ortho intramolecular Hbond substituents is 1. The van der Waals surface area contributed by atoms with Crippen molar-refractivity contribution in [3.05, 3.63) is 65.2 Å². The summed E-state index contributed by atoms with van der Waals surface area (Å²) in [6, 6.07) is 15.9. The number of piperidine rings is 1. The molecule has 5 heteroatoms. The monoisotopic (exact) mass is 381 g/mol. The first-order chi connectivity index (χ1) is 13.6. The Morgan fingerprint density at radius 1 is 1.25 bits per heavy atom. The van der Waals surface area contributed by atoms with Gasteiger partial charge in [0.15, 0.2) is 0 Å². The molecule has 1 spiro atoms. The third-order valence-corrected chi connectivity index (χ3v) is 6.01. The van der Waals surface area contributed by atoms with Crippen molar-refractivity contribution in [1.29, 1.82) is 0 Å². The number of methoxy groups -OCH3 is 1. The van der Waals surface area contributed by atoms with Gasteiger partial charge in [0.25, 0.3) is 0 Å². The van der Waals surface area contributed by atoms with Crippen LogP contribution in [0.1, 0.15) is 54.5 Å². The van der Waals surface area contributed by atoms with Crippen molar-refractivity contribution in [2.45, 2.75) is 49.9 Å². The molecular formula is C23H27NO4. The van der Waals surface area contributed by atoms with Crippen LogP contribution in [0.3, 0.4) is 0 Å². The second-order valence-electron chi connectivity index (χ2n) is 7.76. The van der Waals surface area contributed by atoms with Crippen molar-refractivity contribution in [2.75, 3.05) is 13.7 Å². The minimum absolute atomic E-state index is 0.146. The number of aromatic hydroxyl groups is 1. The van der Waals surface area contributed by atoms with Gasteiger partial charge in [-0.2, -0.15) is 0 Å². The van der Waals surface area contributed by atoms with Crippen LogP contribution >= 0.6 is 0 Å². The highest BCUT2D eigenvalue weighted by molar-refractivity contribution is 5.72. The average molecular weight is 381 g/mol. The molecule has 0 saturated carbocycles. The Balaban J connectivity index is 1.59. The van der Waals surface area contributed by atoms with E-state index in [1.807, 2.05) is 12.1 Å². The van der Waals surface area contributed by atoms with Gasteiger partial charge < -0.3 is 19.9 Å². The maximum Gasteiger partial charge on any atom is 0.309 e. The van der Waals surface area contributed by atoms with Crippen molar-refractivity contribution in [3.8, 4) is 5.75 Å². The van der Waals surface area contributed by atoms with Gasteiger partial charge in [-0.3, -0.25) is 4.79 Å². The Morgan fingerprint density at radius 2 is 2.07 bits per heavy atom. The van der Waals surface area contributed by atoms with Crippen LogP contribution in [0.5, 0.6) is 5.75 Å². The van der Waals surface area contributed by atoms with Crippen LogP contribution in [0.2, 0.25) is 0 Å². The first-order valence-electron chi connectivity index (χ1n) is 9.96. The Morgan fingerprint density at radius 3 is 2.86 bits per heavy atom. The third-order valence-electron chi connectivity index (χ3n) is 6.01. The fraction of sp³-hybridized carbons (Fsp3) is 0.435. The van der Waals surface area contributed by atoms with E-state index < -0.39 is 0 Å². The van der Waals surface area contributed by atoms with Crippen LogP contribution in [-0.4, -0.2) is 30.3 Å². The summed E-state index contributed by atoms with van der Waals surface area (Å²) < 4.78 is 11.4. The van der Waals surface area contributed by atoms with E-state index in [2.05, 4.69) is 29.6 Å². The first-order valence-corrected chi connectivity index (χ1v) is 9.96. The molecule has 2 aromatic rings. The van der Waals surface area contributed by atoms with E-state index in [0.717, 1.165) is 43.4 Å². The Hall–Kier alpha value is -2.37. The number of nitrogens with one attached hydrogen (secondary N) is 1. The van der Waals surface area contributed by atoms with Gasteiger partial charge in [0.1, 0.15) is 5.75 Å². The lowest BCUT2D eigenvalue weighted by atomic mass is 9.80. The minimum atomic E-state index is -0.291. The van der Waals surface area contributed by atoms with Crippen LogP contribution in [0.4, 0.5) is 0 Å². The van der Waals surface area contributed by atoms with E-state index in [0.29, 0.717) is 0 Å². The van der Waals surface area contributed by atoms with Crippen LogP contribution in [0.25, 0.3) is 0 Å². The number of phenols is 1. The zero-order valence-corrected chi connectivity index (χ0v) is 16.2. The molecule has 2 aliphatic rings. The highest BCUT2D eigenvalue weighted by Crippen LogP contribution is 2.51. The number of carbonyl (C=O) groups is 1. The molecule has 0 aliphatic carbocycles. The molecule has 2 aromatic carbocycles. The first kappa shape index (κ1) is 19.0. The number of esters is 1. The molecule has 28 heavy (non-hydrogen) atoms. The Bertz CT molecular complexity index is 838. The summed E-state index contributed by atoms with van der Waals surface area (Å²) in [4.78, 5) is 11.6. The lowest BCUT2D eigenvalue weighted by Gasteiger charge is -2.42. The molecule has 148 valence electrons. The number of hydrogen-bond acceptors (Lipinski definition) is 5. The number of carbonyl (C=O) groups excluding carboxylic acids is 1. The van der Waals surface area contributed by atoms with Gasteiger partial charge in [-0.05, 0) is 55.5 Å². The molecule has 2 fully saturated rings. The van der Waals surface area contributed by atoms with Crippen LogP contribution < -0.4 is 5.32 Å². The number of hydrogen-bond donors (Lipinski definition) is 2. The molecular weight excluding hydrogens is 354 g/mol. The molecule has 4 rings (SSSR count). The second-order valence-corrected chi connectivity index (χ2v) is 7.76. The van der Waals surface area contributed by atoms with E-state index in [-0.39, 0.29) is 35.9 Å². The van der Waals surface area contributed by atoms with Crippen LogP contribution in [0, 0.1) is 0 Å². The highest BCUT2D eigenvalue weighted by atomic mass is 16.5. The van der Waals surface area contributed by atoms with Gasteiger partial charge in [-0.15, -0.1) is 0 Å². The fourth-order valence-electron chi connectivity index (χ4n) is 4.63. The SMILES string of the molecule is COC(=O)Cc1ccc(O)c(C2CC[C@@]3(CCCN[C@H]3c3ccccc3)O2)c1. The lowest BCUT2D eigenvalue weighted by Crippen LogP contribution is -2.48. The Labute approximate surface area is 165 Å². The van der Waals surface area contributed by atoms with Gasteiger partial charge in [0.2, 0.25) is 0 Å². The summed E-state index contributed by atoms with van der Waals surface area (Å²) in [6.07, 6.45) is 3.87. The predicted octanol–water partition coefficient (Wildman–Crippen LogP) is 3.82. The van der Waals surface area contributed by atoms with E-state index in [4.69, 9.17) is 9.47 Å². The topological polar surface area (TPSA) is 67.8 Å². The average Bonchev–Trinajstić information content (AvgIpc) is 3.14. The second kappa shape index (κ2) is 7.94. The maximum absolute atomic E-state index is 11.6. The number of benzene rings is 2. The van der Waals surface area contributed by atoms with E-state index in [1.54, 1.807) is 12.1 Å². The fourth-order valence-corrected chi connectivity index (χ4v) is 4.63. The molecule has 0 aromatic heterocycles. The summed E-state index contributed by atoms with van der Waals surface area (Å²) in [5.74, 6) is -0.0724. The number of ether oxygens (including phenoxy) is 2.